The van der Waals surface area contributed by atoms with Gasteiger partial charge in [-0.3, -0.25) is 4.57 Å². The normalized spacial score (nSPS) is 16.7. The molecule has 1 aliphatic heterocycles. The fraction of sp³-hybridized carbons (Fsp3) is 0.273. The number of rotatable bonds is 6. The van der Waals surface area contributed by atoms with Crippen LogP contribution >= 0.6 is 27.7 Å². The maximum atomic E-state index is 5.92. The molecule has 1 atom stereocenters. The molecular formula is C22H21BrN4OS. The Morgan fingerprint density at radius 2 is 2.00 bits per heavy atom. The zero-order valence-corrected chi connectivity index (χ0v) is 18.2. The molecule has 148 valence electrons. The fourth-order valence-corrected chi connectivity index (χ4v) is 4.90. The second-order valence-electron chi connectivity index (χ2n) is 7.21. The van der Waals surface area contributed by atoms with Gasteiger partial charge in [0, 0.05) is 39.5 Å². The average Bonchev–Trinajstić information content (AvgIpc) is 3.48. The first-order valence-corrected chi connectivity index (χ1v) is 11.5. The summed E-state index contributed by atoms with van der Waals surface area (Å²) in [5, 5.41) is 11.2. The Morgan fingerprint density at radius 3 is 2.83 bits per heavy atom. The monoisotopic (exact) mass is 468 g/mol. The van der Waals surface area contributed by atoms with E-state index in [1.165, 1.54) is 5.56 Å². The van der Waals surface area contributed by atoms with Crippen molar-refractivity contribution < 1.29 is 4.74 Å². The summed E-state index contributed by atoms with van der Waals surface area (Å²) in [5.74, 6) is 1.75. The number of ether oxygens (including phenoxy) is 1. The largest absolute Gasteiger partial charge is 0.376 e. The van der Waals surface area contributed by atoms with Crippen LogP contribution in [0.15, 0.2) is 64.4 Å². The van der Waals surface area contributed by atoms with Crippen molar-refractivity contribution in [2.24, 2.45) is 0 Å². The van der Waals surface area contributed by atoms with Gasteiger partial charge in [0.05, 0.1) is 12.6 Å². The highest BCUT2D eigenvalue weighted by Gasteiger charge is 2.23. The van der Waals surface area contributed by atoms with Gasteiger partial charge in [0.15, 0.2) is 11.0 Å². The zero-order chi connectivity index (χ0) is 19.6. The molecule has 0 saturated carbocycles. The molecule has 4 aromatic rings. The van der Waals surface area contributed by atoms with Crippen molar-refractivity contribution in [3.05, 3.63) is 64.8 Å². The number of aromatic nitrogens is 4. The van der Waals surface area contributed by atoms with Crippen LogP contribution in [0, 0.1) is 0 Å². The van der Waals surface area contributed by atoms with Gasteiger partial charge < -0.3 is 9.72 Å². The molecule has 0 aliphatic carbocycles. The summed E-state index contributed by atoms with van der Waals surface area (Å²) in [6.45, 7) is 1.63. The Kier molecular flexibility index (Phi) is 5.44. The summed E-state index contributed by atoms with van der Waals surface area (Å²) in [6.07, 6.45) is 4.46. The van der Waals surface area contributed by atoms with E-state index in [4.69, 9.17) is 4.74 Å². The molecule has 3 heterocycles. The quantitative estimate of drug-likeness (QED) is 0.370. The minimum absolute atomic E-state index is 0.224. The third-order valence-corrected chi connectivity index (χ3v) is 6.80. The summed E-state index contributed by atoms with van der Waals surface area (Å²) in [7, 11) is 0. The molecule has 0 bridgehead atoms. The number of para-hydroxylation sites is 1. The van der Waals surface area contributed by atoms with E-state index >= 15 is 0 Å². The molecule has 0 amide bonds. The number of H-pyrrole nitrogens is 1. The number of benzene rings is 2. The Bertz CT molecular complexity index is 1120. The van der Waals surface area contributed by atoms with E-state index in [2.05, 4.69) is 78.1 Å². The van der Waals surface area contributed by atoms with Crippen molar-refractivity contribution in [3.63, 3.8) is 0 Å². The van der Waals surface area contributed by atoms with Gasteiger partial charge in [-0.2, -0.15) is 0 Å². The van der Waals surface area contributed by atoms with E-state index in [0.29, 0.717) is 0 Å². The summed E-state index contributed by atoms with van der Waals surface area (Å²) in [5.41, 5.74) is 3.46. The fourth-order valence-electron chi connectivity index (χ4n) is 3.74. The SMILES string of the molecule is Brc1ccc(CSc2nnc(-c3c[nH]c4ccccc34)n2CC2CCCO2)cc1. The van der Waals surface area contributed by atoms with Gasteiger partial charge in [-0.05, 0) is 36.6 Å². The predicted molar refractivity (Wildman–Crippen MR) is 120 cm³/mol. The Hall–Kier alpha value is -2.09. The highest BCUT2D eigenvalue weighted by Crippen LogP contribution is 2.32. The second kappa shape index (κ2) is 8.34. The van der Waals surface area contributed by atoms with E-state index in [1.807, 2.05) is 12.3 Å². The molecule has 29 heavy (non-hydrogen) atoms. The van der Waals surface area contributed by atoms with Crippen molar-refractivity contribution >= 4 is 38.6 Å². The molecule has 5 rings (SSSR count). The first-order valence-electron chi connectivity index (χ1n) is 9.76. The number of hydrogen-bond acceptors (Lipinski definition) is 4. The van der Waals surface area contributed by atoms with Crippen LogP contribution in [0.1, 0.15) is 18.4 Å². The van der Waals surface area contributed by atoms with Crippen molar-refractivity contribution in [1.29, 1.82) is 0 Å². The molecule has 2 aromatic heterocycles. The van der Waals surface area contributed by atoms with Crippen LogP contribution in [-0.2, 0) is 17.0 Å². The molecule has 1 fully saturated rings. The third-order valence-electron chi connectivity index (χ3n) is 5.24. The van der Waals surface area contributed by atoms with Gasteiger partial charge in [-0.15, -0.1) is 10.2 Å². The average molecular weight is 469 g/mol. The van der Waals surface area contributed by atoms with Gasteiger partial charge >= 0.3 is 0 Å². The maximum Gasteiger partial charge on any atom is 0.191 e. The number of fused-ring (bicyclic) bond motifs is 1. The van der Waals surface area contributed by atoms with Gasteiger partial charge in [-0.1, -0.05) is 58.0 Å². The molecule has 7 heteroatoms. The van der Waals surface area contributed by atoms with Gasteiger partial charge in [-0.25, -0.2) is 0 Å². The first kappa shape index (κ1) is 18.9. The molecule has 1 aliphatic rings. The van der Waals surface area contributed by atoms with Gasteiger partial charge in [0.1, 0.15) is 0 Å². The summed E-state index contributed by atoms with van der Waals surface area (Å²) >= 11 is 5.22. The van der Waals surface area contributed by atoms with Gasteiger partial charge in [0.25, 0.3) is 0 Å². The van der Waals surface area contributed by atoms with Crippen molar-refractivity contribution in [1.82, 2.24) is 19.7 Å². The summed E-state index contributed by atoms with van der Waals surface area (Å²) in [6, 6.07) is 16.7. The third kappa shape index (κ3) is 3.99. The number of aromatic amines is 1. The Morgan fingerprint density at radius 1 is 1.14 bits per heavy atom. The van der Waals surface area contributed by atoms with E-state index in [-0.39, 0.29) is 6.10 Å². The summed E-state index contributed by atoms with van der Waals surface area (Å²) in [4.78, 5) is 3.36. The minimum atomic E-state index is 0.224. The Balaban J connectivity index is 1.48. The van der Waals surface area contributed by atoms with Crippen LogP contribution in [0.3, 0.4) is 0 Å². The first-order chi connectivity index (χ1) is 14.3. The smallest absolute Gasteiger partial charge is 0.191 e. The van der Waals surface area contributed by atoms with Crippen molar-refractivity contribution in [2.75, 3.05) is 6.61 Å². The van der Waals surface area contributed by atoms with Crippen LogP contribution < -0.4 is 0 Å². The number of hydrogen-bond donors (Lipinski definition) is 1. The standard InChI is InChI=1S/C22H21BrN4OS/c23-16-9-7-15(8-10-16)14-29-22-26-25-21(27(22)13-17-4-3-11-28-17)19-12-24-20-6-2-1-5-18(19)20/h1-2,5-10,12,17,24H,3-4,11,13-14H2. The molecule has 0 radical (unpaired) electrons. The molecule has 1 N–H and O–H groups in total. The number of thioether (sulfide) groups is 1. The van der Waals surface area contributed by atoms with E-state index < -0.39 is 0 Å². The van der Waals surface area contributed by atoms with Crippen molar-refractivity contribution in [2.45, 2.75) is 36.4 Å². The lowest BCUT2D eigenvalue weighted by molar-refractivity contribution is 0.0953. The molecule has 1 unspecified atom stereocenters. The number of nitrogens with one attached hydrogen (secondary N) is 1. The van der Waals surface area contributed by atoms with Crippen LogP contribution in [0.2, 0.25) is 0 Å². The number of nitrogens with zero attached hydrogens (tertiary/aromatic N) is 3. The summed E-state index contributed by atoms with van der Waals surface area (Å²) < 4.78 is 9.24. The Labute approximate surface area is 182 Å². The lowest BCUT2D eigenvalue weighted by Crippen LogP contribution is -2.16. The highest BCUT2D eigenvalue weighted by atomic mass is 79.9. The molecule has 5 nitrogen and oxygen atoms in total. The van der Waals surface area contributed by atoms with Crippen LogP contribution in [-0.4, -0.2) is 32.5 Å². The van der Waals surface area contributed by atoms with Crippen molar-refractivity contribution in [3.8, 4) is 11.4 Å². The zero-order valence-electron chi connectivity index (χ0n) is 15.8. The highest BCUT2D eigenvalue weighted by molar-refractivity contribution is 9.10. The molecule has 2 aromatic carbocycles. The van der Waals surface area contributed by atoms with E-state index in [0.717, 1.165) is 63.7 Å². The van der Waals surface area contributed by atoms with Crippen LogP contribution in [0.25, 0.3) is 22.3 Å². The van der Waals surface area contributed by atoms with Crippen LogP contribution in [0.5, 0.6) is 0 Å². The van der Waals surface area contributed by atoms with E-state index in [9.17, 15) is 0 Å². The minimum Gasteiger partial charge on any atom is -0.376 e. The number of halogens is 1. The predicted octanol–water partition coefficient (Wildman–Crippen LogP) is 5.66. The topological polar surface area (TPSA) is 55.7 Å². The van der Waals surface area contributed by atoms with Gasteiger partial charge in [0.2, 0.25) is 0 Å². The maximum absolute atomic E-state index is 5.92. The molecule has 0 spiro atoms. The second-order valence-corrected chi connectivity index (χ2v) is 9.07. The lowest BCUT2D eigenvalue weighted by atomic mass is 10.1. The molecule has 1 saturated heterocycles. The van der Waals surface area contributed by atoms with E-state index in [1.54, 1.807) is 11.8 Å². The molecular weight excluding hydrogens is 448 g/mol. The lowest BCUT2D eigenvalue weighted by Gasteiger charge is -2.14. The van der Waals surface area contributed by atoms with Crippen LogP contribution in [0.4, 0.5) is 0 Å².